The Hall–Kier alpha value is -2.99. The van der Waals surface area contributed by atoms with E-state index in [-0.39, 0.29) is 28.4 Å². The largest absolute Gasteiger partial charge is 0.493 e. The maximum Gasteiger partial charge on any atom is 0.243 e. The van der Waals surface area contributed by atoms with Gasteiger partial charge in [0.15, 0.2) is 11.5 Å². The molecule has 1 aliphatic rings. The summed E-state index contributed by atoms with van der Waals surface area (Å²) in [6.45, 7) is 0.778. The fourth-order valence-corrected chi connectivity index (χ4v) is 7.34. The summed E-state index contributed by atoms with van der Waals surface area (Å²) in [6, 6.07) is 16.6. The molecule has 0 bridgehead atoms. The van der Waals surface area contributed by atoms with Gasteiger partial charge in [0.25, 0.3) is 0 Å². The maximum atomic E-state index is 14.5. The van der Waals surface area contributed by atoms with Gasteiger partial charge >= 0.3 is 0 Å². The Kier molecular flexibility index (Phi) is 8.71. The second-order valence-corrected chi connectivity index (χ2v) is 12.8. The molecule has 0 atom stereocenters. The molecule has 0 spiro atoms. The van der Waals surface area contributed by atoms with Crippen molar-refractivity contribution in [1.82, 2.24) is 8.61 Å². The molecule has 8 nitrogen and oxygen atoms in total. The number of rotatable bonds is 11. The van der Waals surface area contributed by atoms with Crippen molar-refractivity contribution in [2.45, 2.75) is 35.6 Å². The molecule has 0 radical (unpaired) electrons. The van der Waals surface area contributed by atoms with E-state index in [0.29, 0.717) is 31.0 Å². The lowest BCUT2D eigenvalue weighted by atomic mass is 10.1. The molecule has 0 unspecified atom stereocenters. The van der Waals surface area contributed by atoms with Crippen LogP contribution in [-0.2, 0) is 33.0 Å². The van der Waals surface area contributed by atoms with Crippen LogP contribution < -0.4 is 9.47 Å². The average molecular weight is 563 g/mol. The van der Waals surface area contributed by atoms with E-state index in [9.17, 15) is 21.2 Å². The van der Waals surface area contributed by atoms with Crippen LogP contribution in [0.25, 0.3) is 0 Å². The third-order valence-corrected chi connectivity index (χ3v) is 10.3. The molecule has 1 heterocycles. The Morgan fingerprint density at radius 2 is 1.47 bits per heavy atom. The summed E-state index contributed by atoms with van der Waals surface area (Å²) >= 11 is 0. The third kappa shape index (κ3) is 6.01. The van der Waals surface area contributed by atoms with Crippen LogP contribution in [0.4, 0.5) is 4.39 Å². The van der Waals surface area contributed by atoms with E-state index in [2.05, 4.69) is 0 Å². The first-order chi connectivity index (χ1) is 18.2. The van der Waals surface area contributed by atoms with E-state index >= 15 is 0 Å². The quantitative estimate of drug-likeness (QED) is 0.350. The first-order valence-corrected chi connectivity index (χ1v) is 15.1. The third-order valence-electron chi connectivity index (χ3n) is 6.57. The molecule has 3 aromatic rings. The van der Waals surface area contributed by atoms with Gasteiger partial charge in [0.05, 0.1) is 24.0 Å². The Morgan fingerprint density at radius 3 is 2.11 bits per heavy atom. The Morgan fingerprint density at radius 1 is 0.842 bits per heavy atom. The van der Waals surface area contributed by atoms with Gasteiger partial charge in [-0.1, -0.05) is 24.3 Å². The molecule has 11 heteroatoms. The van der Waals surface area contributed by atoms with Gasteiger partial charge in [-0.05, 0) is 67.3 Å². The van der Waals surface area contributed by atoms with Crippen molar-refractivity contribution in [3.05, 3.63) is 83.7 Å². The molecule has 0 saturated carbocycles. The van der Waals surface area contributed by atoms with Gasteiger partial charge in [0.1, 0.15) is 5.82 Å². The summed E-state index contributed by atoms with van der Waals surface area (Å²) in [7, 11) is -4.73. The zero-order valence-electron chi connectivity index (χ0n) is 21.3. The Labute approximate surface area is 223 Å². The van der Waals surface area contributed by atoms with Crippen LogP contribution in [-0.4, -0.2) is 59.3 Å². The number of hydrogen-bond donors (Lipinski definition) is 0. The molecule has 0 aromatic heterocycles. The van der Waals surface area contributed by atoms with Crippen molar-refractivity contribution in [3.8, 4) is 11.5 Å². The Balaban J connectivity index is 1.62. The van der Waals surface area contributed by atoms with E-state index in [1.165, 1.54) is 53.2 Å². The lowest BCUT2D eigenvalue weighted by molar-refractivity contribution is 0.354. The van der Waals surface area contributed by atoms with Crippen LogP contribution in [0, 0.1) is 5.82 Å². The summed E-state index contributed by atoms with van der Waals surface area (Å²) in [5, 5.41) is 0. The van der Waals surface area contributed by atoms with Crippen LogP contribution in [0.15, 0.2) is 76.5 Å². The lowest BCUT2D eigenvalue weighted by Crippen LogP contribution is -2.33. The van der Waals surface area contributed by atoms with Crippen molar-refractivity contribution in [2.24, 2.45) is 0 Å². The van der Waals surface area contributed by atoms with Crippen molar-refractivity contribution in [1.29, 1.82) is 0 Å². The topological polar surface area (TPSA) is 93.2 Å². The summed E-state index contributed by atoms with van der Waals surface area (Å²) in [5.41, 5.74) is 1.04. The molecule has 38 heavy (non-hydrogen) atoms. The van der Waals surface area contributed by atoms with Crippen molar-refractivity contribution >= 4 is 20.0 Å². The number of methoxy groups -OCH3 is 2. The fraction of sp³-hybridized carbons (Fsp3) is 0.333. The number of sulfonamides is 2. The van der Waals surface area contributed by atoms with Gasteiger partial charge in [0, 0.05) is 31.7 Å². The first-order valence-electron chi connectivity index (χ1n) is 12.2. The van der Waals surface area contributed by atoms with Gasteiger partial charge in [-0.15, -0.1) is 0 Å². The average Bonchev–Trinajstić information content (AvgIpc) is 3.48. The standard InChI is InChI=1S/C27H31FN2O6S2/c1-35-26-14-9-21(19-27(26)36-2)15-18-30(20-22-7-3-4-8-25(22)28)38(33,34)24-12-10-23(11-13-24)37(31,32)29-16-5-6-17-29/h3-4,7-14,19H,5-6,15-18,20H2,1-2H3. The molecule has 0 aliphatic carbocycles. The number of benzene rings is 3. The predicted octanol–water partition coefficient (Wildman–Crippen LogP) is 4.06. The molecule has 3 aromatic carbocycles. The van der Waals surface area contributed by atoms with Gasteiger partial charge in [-0.2, -0.15) is 8.61 Å². The highest BCUT2D eigenvalue weighted by Gasteiger charge is 2.29. The molecule has 0 N–H and O–H groups in total. The number of hydrogen-bond acceptors (Lipinski definition) is 6. The zero-order valence-corrected chi connectivity index (χ0v) is 23.0. The molecule has 1 fully saturated rings. The smallest absolute Gasteiger partial charge is 0.243 e. The van der Waals surface area contributed by atoms with Crippen LogP contribution in [0.5, 0.6) is 11.5 Å². The van der Waals surface area contributed by atoms with Crippen LogP contribution >= 0.6 is 0 Å². The summed E-state index contributed by atoms with van der Waals surface area (Å²) in [6.07, 6.45) is 1.93. The second-order valence-electron chi connectivity index (χ2n) is 8.95. The normalized spacial score (nSPS) is 14.6. The number of ether oxygens (including phenoxy) is 2. The molecular weight excluding hydrogens is 531 g/mol. The first kappa shape index (κ1) is 28.0. The van der Waals surface area contributed by atoms with Crippen molar-refractivity contribution in [2.75, 3.05) is 33.9 Å². The van der Waals surface area contributed by atoms with Gasteiger partial charge < -0.3 is 9.47 Å². The molecular formula is C27H31FN2O6S2. The lowest BCUT2D eigenvalue weighted by Gasteiger charge is -2.23. The number of halogens is 1. The minimum Gasteiger partial charge on any atom is -0.493 e. The Bertz CT molecular complexity index is 1470. The SMILES string of the molecule is COc1ccc(CCN(Cc2ccccc2F)S(=O)(=O)c2ccc(S(=O)(=O)N3CCCC3)cc2)cc1OC. The summed E-state index contributed by atoms with van der Waals surface area (Å²) in [5.74, 6) is 0.560. The highest BCUT2D eigenvalue weighted by atomic mass is 32.2. The molecule has 1 saturated heterocycles. The molecule has 4 rings (SSSR count). The van der Waals surface area contributed by atoms with E-state index in [0.717, 1.165) is 18.4 Å². The molecule has 0 amide bonds. The summed E-state index contributed by atoms with van der Waals surface area (Å²) < 4.78 is 80.9. The summed E-state index contributed by atoms with van der Waals surface area (Å²) in [4.78, 5) is -0.0224. The van der Waals surface area contributed by atoms with Gasteiger partial charge in [0.2, 0.25) is 20.0 Å². The van der Waals surface area contributed by atoms with Crippen LogP contribution in [0.3, 0.4) is 0 Å². The van der Waals surface area contributed by atoms with Gasteiger partial charge in [-0.25, -0.2) is 21.2 Å². The fourth-order valence-electron chi connectivity index (χ4n) is 4.40. The van der Waals surface area contributed by atoms with E-state index in [1.807, 2.05) is 6.07 Å². The highest BCUT2D eigenvalue weighted by molar-refractivity contribution is 7.89. The van der Waals surface area contributed by atoms with Crippen molar-refractivity contribution < 1.29 is 30.7 Å². The van der Waals surface area contributed by atoms with E-state index in [1.54, 1.807) is 30.3 Å². The van der Waals surface area contributed by atoms with Crippen LogP contribution in [0.2, 0.25) is 0 Å². The van der Waals surface area contributed by atoms with Crippen LogP contribution in [0.1, 0.15) is 24.0 Å². The molecule has 204 valence electrons. The highest BCUT2D eigenvalue weighted by Crippen LogP contribution is 2.29. The zero-order chi connectivity index (χ0) is 27.3. The van der Waals surface area contributed by atoms with E-state index in [4.69, 9.17) is 9.47 Å². The molecule has 1 aliphatic heterocycles. The minimum atomic E-state index is -4.09. The van der Waals surface area contributed by atoms with Gasteiger partial charge in [-0.3, -0.25) is 0 Å². The second kappa shape index (κ2) is 11.8. The number of nitrogens with zero attached hydrogens (tertiary/aromatic N) is 2. The predicted molar refractivity (Wildman–Crippen MR) is 142 cm³/mol. The monoisotopic (exact) mass is 562 g/mol. The van der Waals surface area contributed by atoms with E-state index < -0.39 is 25.9 Å². The van der Waals surface area contributed by atoms with Crippen molar-refractivity contribution in [3.63, 3.8) is 0 Å². The minimum absolute atomic E-state index is 0.0457. The maximum absolute atomic E-state index is 14.5.